The molecule has 0 spiro atoms. The molecule has 0 N–H and O–H groups in total. The van der Waals surface area contributed by atoms with Crippen molar-refractivity contribution in [3.63, 3.8) is 0 Å². The Morgan fingerprint density at radius 3 is 2.12 bits per heavy atom. The van der Waals surface area contributed by atoms with E-state index in [1.54, 1.807) is 16.7 Å². The summed E-state index contributed by atoms with van der Waals surface area (Å²) in [5.74, 6) is 0. The second-order valence-electron chi connectivity index (χ2n) is 7.20. The van der Waals surface area contributed by atoms with Gasteiger partial charge in [0.2, 0.25) is 0 Å². The number of aryl methyl sites for hydroxylation is 3. The number of fused-ring (bicyclic) bond motifs is 1. The zero-order chi connectivity index (χ0) is 17.6. The molecule has 0 aliphatic heterocycles. The normalized spacial score (nSPS) is 11.3. The van der Waals surface area contributed by atoms with E-state index < -0.39 is 0 Å². The van der Waals surface area contributed by atoms with Crippen LogP contribution in [0.5, 0.6) is 0 Å². The maximum atomic E-state index is 5.79. The summed E-state index contributed by atoms with van der Waals surface area (Å²) in [5.41, 5.74) is 8.33. The zero-order valence-electron chi connectivity index (χ0n) is 15.9. The van der Waals surface area contributed by atoms with Gasteiger partial charge >= 0.3 is 0 Å². The Balaban J connectivity index is 2.01. The fraction of sp³-hybridized carbons (Fsp3) is 0.417. The van der Waals surface area contributed by atoms with Crippen LogP contribution in [0.2, 0.25) is 0 Å². The molecule has 0 aliphatic rings. The monoisotopic (exact) mass is 334 g/mol. The van der Waals surface area contributed by atoms with Gasteiger partial charge in [0.15, 0.2) is 0 Å². The summed E-state index contributed by atoms with van der Waals surface area (Å²) < 4.78 is 5.79. The topological polar surface area (TPSA) is 13.1 Å². The molecule has 0 saturated carbocycles. The molecule has 0 bridgehead atoms. The summed E-state index contributed by atoms with van der Waals surface area (Å²) in [6.07, 6.45) is 10.3. The highest BCUT2D eigenvalue weighted by Gasteiger charge is 2.13. The van der Waals surface area contributed by atoms with Gasteiger partial charge in [0.05, 0.1) is 6.26 Å². The molecule has 0 saturated heterocycles. The molecular formula is C24H30O. The van der Waals surface area contributed by atoms with Gasteiger partial charge in [-0.2, -0.15) is 0 Å². The van der Waals surface area contributed by atoms with Crippen molar-refractivity contribution >= 4 is 11.0 Å². The van der Waals surface area contributed by atoms with Gasteiger partial charge in [-0.25, -0.2) is 0 Å². The first-order valence-electron chi connectivity index (χ1n) is 9.79. The third-order valence-electron chi connectivity index (χ3n) is 5.11. The molecule has 1 aromatic heterocycles. The van der Waals surface area contributed by atoms with E-state index in [1.165, 1.54) is 55.0 Å². The van der Waals surface area contributed by atoms with E-state index in [-0.39, 0.29) is 0 Å². The Labute approximate surface area is 152 Å². The Morgan fingerprint density at radius 2 is 1.48 bits per heavy atom. The SMILES string of the molecule is CCCCc1cc(C)cc(CCCC)c1Cc1coc2ccccc12. The lowest BCUT2D eigenvalue weighted by atomic mass is 9.88. The van der Waals surface area contributed by atoms with Gasteiger partial charge in [-0.3, -0.25) is 0 Å². The number of benzene rings is 2. The maximum Gasteiger partial charge on any atom is 0.134 e. The predicted molar refractivity (Wildman–Crippen MR) is 107 cm³/mol. The van der Waals surface area contributed by atoms with Crippen LogP contribution >= 0.6 is 0 Å². The molecule has 1 nitrogen and oxygen atoms in total. The first-order chi connectivity index (χ1) is 12.2. The van der Waals surface area contributed by atoms with E-state index in [0.717, 1.165) is 12.0 Å². The molecule has 0 unspecified atom stereocenters. The highest BCUT2D eigenvalue weighted by Crippen LogP contribution is 2.28. The Bertz CT molecular complexity index is 796. The van der Waals surface area contributed by atoms with E-state index in [9.17, 15) is 0 Å². The van der Waals surface area contributed by atoms with E-state index in [2.05, 4.69) is 51.1 Å². The van der Waals surface area contributed by atoms with E-state index in [1.807, 2.05) is 12.3 Å². The van der Waals surface area contributed by atoms with Crippen LogP contribution < -0.4 is 0 Å². The largest absolute Gasteiger partial charge is 0.464 e. The summed E-state index contributed by atoms with van der Waals surface area (Å²) in [6.45, 7) is 6.79. The van der Waals surface area contributed by atoms with Crippen LogP contribution in [0.15, 0.2) is 47.1 Å². The molecule has 0 aliphatic carbocycles. The van der Waals surface area contributed by atoms with Crippen molar-refractivity contribution in [1.29, 1.82) is 0 Å². The fourth-order valence-corrected chi connectivity index (χ4v) is 3.74. The molecule has 1 heterocycles. The lowest BCUT2D eigenvalue weighted by Gasteiger charge is -2.16. The van der Waals surface area contributed by atoms with Crippen LogP contribution in [-0.2, 0) is 19.3 Å². The van der Waals surface area contributed by atoms with Crippen LogP contribution in [-0.4, -0.2) is 0 Å². The summed E-state index contributed by atoms with van der Waals surface area (Å²) in [5, 5.41) is 1.26. The number of hydrogen-bond acceptors (Lipinski definition) is 1. The lowest BCUT2D eigenvalue weighted by molar-refractivity contribution is 0.611. The fourth-order valence-electron chi connectivity index (χ4n) is 3.74. The number of hydrogen-bond donors (Lipinski definition) is 0. The highest BCUT2D eigenvalue weighted by molar-refractivity contribution is 5.81. The summed E-state index contributed by atoms with van der Waals surface area (Å²) >= 11 is 0. The van der Waals surface area contributed by atoms with Crippen LogP contribution in [0.1, 0.15) is 67.3 Å². The quantitative estimate of drug-likeness (QED) is 0.431. The molecule has 0 fully saturated rings. The summed E-state index contributed by atoms with van der Waals surface area (Å²) in [4.78, 5) is 0. The van der Waals surface area contributed by atoms with Gasteiger partial charge in [0.1, 0.15) is 5.58 Å². The van der Waals surface area contributed by atoms with Crippen LogP contribution in [0.3, 0.4) is 0 Å². The minimum atomic E-state index is 0.982. The Morgan fingerprint density at radius 1 is 0.840 bits per heavy atom. The van der Waals surface area contributed by atoms with Crippen molar-refractivity contribution in [2.45, 2.75) is 65.7 Å². The van der Waals surface area contributed by atoms with Crippen molar-refractivity contribution in [2.75, 3.05) is 0 Å². The molecule has 3 rings (SSSR count). The average molecular weight is 335 g/mol. The molecule has 0 amide bonds. The van der Waals surface area contributed by atoms with Gasteiger partial charge in [-0.05, 0) is 55.4 Å². The summed E-state index contributed by atoms with van der Waals surface area (Å²) in [6, 6.07) is 13.2. The van der Waals surface area contributed by atoms with E-state index in [0.29, 0.717) is 0 Å². The van der Waals surface area contributed by atoms with Crippen molar-refractivity contribution in [3.8, 4) is 0 Å². The molecule has 0 radical (unpaired) electrons. The maximum absolute atomic E-state index is 5.79. The van der Waals surface area contributed by atoms with E-state index in [4.69, 9.17) is 4.42 Å². The highest BCUT2D eigenvalue weighted by atomic mass is 16.3. The lowest BCUT2D eigenvalue weighted by Crippen LogP contribution is -2.03. The van der Waals surface area contributed by atoms with Crippen LogP contribution in [0, 0.1) is 6.92 Å². The molecule has 25 heavy (non-hydrogen) atoms. The van der Waals surface area contributed by atoms with Gasteiger partial charge in [0.25, 0.3) is 0 Å². The van der Waals surface area contributed by atoms with Crippen LogP contribution in [0.4, 0.5) is 0 Å². The molecule has 0 atom stereocenters. The first kappa shape index (κ1) is 17.8. The average Bonchev–Trinajstić information content (AvgIpc) is 3.03. The van der Waals surface area contributed by atoms with Crippen molar-refractivity contribution in [2.24, 2.45) is 0 Å². The van der Waals surface area contributed by atoms with Crippen molar-refractivity contribution in [3.05, 3.63) is 70.5 Å². The predicted octanol–water partition coefficient (Wildman–Crippen LogP) is 7.02. The second kappa shape index (κ2) is 8.38. The summed E-state index contributed by atoms with van der Waals surface area (Å²) in [7, 11) is 0. The molecule has 2 aromatic carbocycles. The second-order valence-corrected chi connectivity index (χ2v) is 7.20. The number of furan rings is 1. The Hall–Kier alpha value is -2.02. The molecule has 1 heteroatoms. The molecule has 132 valence electrons. The molecule has 3 aromatic rings. The van der Waals surface area contributed by atoms with E-state index >= 15 is 0 Å². The van der Waals surface area contributed by atoms with Gasteiger partial charge in [-0.1, -0.05) is 62.6 Å². The van der Waals surface area contributed by atoms with Crippen LogP contribution in [0.25, 0.3) is 11.0 Å². The number of para-hydroxylation sites is 1. The minimum absolute atomic E-state index is 0.982. The molecular weight excluding hydrogens is 304 g/mol. The van der Waals surface area contributed by atoms with Crippen molar-refractivity contribution in [1.82, 2.24) is 0 Å². The minimum Gasteiger partial charge on any atom is -0.464 e. The van der Waals surface area contributed by atoms with Gasteiger partial charge in [-0.15, -0.1) is 0 Å². The number of rotatable bonds is 8. The van der Waals surface area contributed by atoms with Crippen molar-refractivity contribution < 1.29 is 4.42 Å². The van der Waals surface area contributed by atoms with Gasteiger partial charge in [0, 0.05) is 17.4 Å². The third-order valence-corrected chi connectivity index (χ3v) is 5.11. The smallest absolute Gasteiger partial charge is 0.134 e. The number of unbranched alkanes of at least 4 members (excludes halogenated alkanes) is 2. The zero-order valence-corrected chi connectivity index (χ0v) is 15.9. The Kier molecular flexibility index (Phi) is 5.96. The first-order valence-corrected chi connectivity index (χ1v) is 9.79. The third kappa shape index (κ3) is 4.15. The standard InChI is InChI=1S/C24H30O/c1-4-6-10-19-14-18(3)15-20(11-7-5-2)23(19)16-21-17-25-24-13-9-8-12-22(21)24/h8-9,12-15,17H,4-7,10-11,16H2,1-3H3. The van der Waals surface area contributed by atoms with Gasteiger partial charge < -0.3 is 4.42 Å².